The molecule has 3 nitrogen and oxygen atoms in total. The molecule has 1 heterocycles. The second kappa shape index (κ2) is 8.90. The van der Waals surface area contributed by atoms with Gasteiger partial charge in [-0.1, -0.05) is 37.5 Å². The summed E-state index contributed by atoms with van der Waals surface area (Å²) in [7, 11) is 0. The summed E-state index contributed by atoms with van der Waals surface area (Å²) in [6.45, 7) is 6.34. The Morgan fingerprint density at radius 2 is 1.85 bits per heavy atom. The number of Topliss-reactive ketones (excluding diaryl/α,β-unsaturated/α-hetero) is 1. The largest absolute Gasteiger partial charge is 0.441 e. The van der Waals surface area contributed by atoms with E-state index in [1.165, 1.54) is 31.2 Å². The molecule has 3 rings (SSSR count). The zero-order valence-electron chi connectivity index (χ0n) is 16.1. The normalized spacial score (nSPS) is 20.3. The minimum atomic E-state index is 0.384. The maximum Gasteiger partial charge on any atom is 0.226 e. The molecular formula is C22H29NO2S. The van der Waals surface area contributed by atoms with Crippen LogP contribution in [0.5, 0.6) is 0 Å². The van der Waals surface area contributed by atoms with Crippen LogP contribution in [0, 0.1) is 25.7 Å². The van der Waals surface area contributed by atoms with Gasteiger partial charge in [0.15, 0.2) is 0 Å². The highest BCUT2D eigenvalue weighted by atomic mass is 32.2. The van der Waals surface area contributed by atoms with Gasteiger partial charge in [0.05, 0.1) is 11.4 Å². The lowest BCUT2D eigenvalue weighted by Gasteiger charge is -2.25. The van der Waals surface area contributed by atoms with Gasteiger partial charge in [-0.2, -0.15) is 0 Å². The number of thioether (sulfide) groups is 1. The van der Waals surface area contributed by atoms with E-state index in [9.17, 15) is 4.79 Å². The molecule has 0 radical (unpaired) electrons. The molecule has 0 unspecified atom stereocenters. The Hall–Kier alpha value is -1.55. The maximum atomic E-state index is 12.3. The number of carbonyl (C=O) groups is 1. The van der Waals surface area contributed by atoms with Gasteiger partial charge < -0.3 is 4.42 Å². The van der Waals surface area contributed by atoms with Crippen LogP contribution in [0.2, 0.25) is 0 Å². The number of aromatic nitrogens is 1. The number of nitrogens with zero attached hydrogens (tertiary/aromatic N) is 1. The van der Waals surface area contributed by atoms with Crippen molar-refractivity contribution in [3.05, 3.63) is 41.3 Å². The van der Waals surface area contributed by atoms with E-state index in [-0.39, 0.29) is 0 Å². The lowest BCUT2D eigenvalue weighted by atomic mass is 9.81. The first kappa shape index (κ1) is 19.2. The first-order chi connectivity index (χ1) is 12.5. The summed E-state index contributed by atoms with van der Waals surface area (Å²) in [6.07, 6.45) is 5.77. The van der Waals surface area contributed by atoms with E-state index in [0.717, 1.165) is 35.1 Å². The molecule has 140 valence electrons. The number of hydrogen-bond acceptors (Lipinski definition) is 4. The van der Waals surface area contributed by atoms with E-state index in [1.807, 2.05) is 19.1 Å². The molecule has 0 bridgehead atoms. The molecule has 0 spiro atoms. The summed E-state index contributed by atoms with van der Waals surface area (Å²) in [4.78, 5) is 16.9. The lowest BCUT2D eigenvalue weighted by Crippen LogP contribution is -2.16. The first-order valence-electron chi connectivity index (χ1n) is 9.64. The summed E-state index contributed by atoms with van der Waals surface area (Å²) in [5.74, 6) is 4.67. The van der Waals surface area contributed by atoms with Crippen molar-refractivity contribution in [1.29, 1.82) is 0 Å². The van der Waals surface area contributed by atoms with Crippen LogP contribution in [0.3, 0.4) is 0 Å². The van der Waals surface area contributed by atoms with Crippen LogP contribution in [0.1, 0.15) is 56.0 Å². The summed E-state index contributed by atoms with van der Waals surface area (Å²) >= 11 is 1.66. The Morgan fingerprint density at radius 1 is 1.15 bits per heavy atom. The van der Waals surface area contributed by atoms with Crippen molar-refractivity contribution >= 4 is 17.5 Å². The molecule has 0 aliphatic heterocycles. The van der Waals surface area contributed by atoms with Crippen molar-refractivity contribution < 1.29 is 9.21 Å². The fourth-order valence-electron chi connectivity index (χ4n) is 3.56. The third-order valence-electron chi connectivity index (χ3n) is 5.34. The molecule has 1 aromatic heterocycles. The van der Waals surface area contributed by atoms with Crippen molar-refractivity contribution in [3.8, 4) is 11.5 Å². The molecular weight excluding hydrogens is 342 g/mol. The van der Waals surface area contributed by atoms with Gasteiger partial charge in [-0.25, -0.2) is 4.98 Å². The smallest absolute Gasteiger partial charge is 0.226 e. The van der Waals surface area contributed by atoms with Gasteiger partial charge in [-0.3, -0.25) is 4.79 Å². The van der Waals surface area contributed by atoms with Crippen LogP contribution < -0.4 is 0 Å². The summed E-state index contributed by atoms with van der Waals surface area (Å²) < 4.78 is 5.82. The Bertz CT molecular complexity index is 727. The number of hydrogen-bond donors (Lipinski definition) is 0. The SMILES string of the molecule is Cc1ccc(-c2nc(CSCC(=O)CC3CCC(C)CC3)c(C)o2)cc1. The zero-order valence-corrected chi connectivity index (χ0v) is 16.9. The maximum absolute atomic E-state index is 12.3. The van der Waals surface area contributed by atoms with Crippen molar-refractivity contribution in [2.24, 2.45) is 11.8 Å². The number of benzene rings is 1. The molecule has 1 aliphatic carbocycles. The summed E-state index contributed by atoms with van der Waals surface area (Å²) in [6, 6.07) is 8.19. The summed E-state index contributed by atoms with van der Waals surface area (Å²) in [5.41, 5.74) is 3.17. The minimum absolute atomic E-state index is 0.384. The Balaban J connectivity index is 1.47. The molecule has 26 heavy (non-hydrogen) atoms. The van der Waals surface area contributed by atoms with Crippen molar-refractivity contribution in [3.63, 3.8) is 0 Å². The van der Waals surface area contributed by atoms with Gasteiger partial charge in [0.1, 0.15) is 11.5 Å². The van der Waals surface area contributed by atoms with E-state index in [4.69, 9.17) is 4.42 Å². The number of oxazole rings is 1. The van der Waals surface area contributed by atoms with Gasteiger partial charge in [-0.15, -0.1) is 11.8 Å². The van der Waals surface area contributed by atoms with E-state index < -0.39 is 0 Å². The van der Waals surface area contributed by atoms with Crippen LogP contribution in [0.15, 0.2) is 28.7 Å². The van der Waals surface area contributed by atoms with E-state index in [0.29, 0.717) is 23.3 Å². The second-order valence-corrected chi connectivity index (χ2v) is 8.74. The van der Waals surface area contributed by atoms with Crippen LogP contribution in [-0.4, -0.2) is 16.5 Å². The van der Waals surface area contributed by atoms with E-state index in [2.05, 4.69) is 31.0 Å². The number of rotatable bonds is 7. The van der Waals surface area contributed by atoms with Crippen molar-refractivity contribution in [2.75, 3.05) is 5.75 Å². The average molecular weight is 372 g/mol. The second-order valence-electron chi connectivity index (χ2n) is 7.75. The minimum Gasteiger partial charge on any atom is -0.441 e. The predicted octanol–water partition coefficient (Wildman–Crippen LogP) is 5.98. The van der Waals surface area contributed by atoms with Crippen LogP contribution in [-0.2, 0) is 10.5 Å². The Morgan fingerprint density at radius 3 is 2.54 bits per heavy atom. The first-order valence-corrected chi connectivity index (χ1v) is 10.8. The van der Waals surface area contributed by atoms with Crippen molar-refractivity contribution in [1.82, 2.24) is 4.98 Å². The zero-order chi connectivity index (χ0) is 18.5. The third kappa shape index (κ3) is 5.23. The molecule has 1 aliphatic rings. The topological polar surface area (TPSA) is 43.1 Å². The van der Waals surface area contributed by atoms with Crippen molar-refractivity contribution in [2.45, 2.75) is 58.6 Å². The number of ketones is 1. The quantitative estimate of drug-likeness (QED) is 0.601. The van der Waals surface area contributed by atoms with Gasteiger partial charge >= 0.3 is 0 Å². The highest BCUT2D eigenvalue weighted by Crippen LogP contribution is 2.31. The number of aryl methyl sites for hydroxylation is 2. The van der Waals surface area contributed by atoms with Gasteiger partial charge in [-0.05, 0) is 50.7 Å². The molecule has 1 saturated carbocycles. The Kier molecular flexibility index (Phi) is 6.58. The van der Waals surface area contributed by atoms with Crippen LogP contribution in [0.4, 0.5) is 0 Å². The van der Waals surface area contributed by atoms with E-state index >= 15 is 0 Å². The molecule has 0 atom stereocenters. The fourth-order valence-corrected chi connectivity index (χ4v) is 4.47. The molecule has 2 aromatic rings. The molecule has 1 aromatic carbocycles. The highest BCUT2D eigenvalue weighted by Gasteiger charge is 2.20. The standard InChI is InChI=1S/C22H29NO2S/c1-15-4-8-18(9-5-15)12-20(24)13-26-14-21-17(3)25-22(23-21)19-10-6-16(2)7-11-19/h6-7,10-11,15,18H,4-5,8-9,12-14H2,1-3H3. The highest BCUT2D eigenvalue weighted by molar-refractivity contribution is 7.99. The van der Waals surface area contributed by atoms with Gasteiger partial charge in [0, 0.05) is 17.7 Å². The predicted molar refractivity (Wildman–Crippen MR) is 108 cm³/mol. The van der Waals surface area contributed by atoms with Crippen LogP contribution in [0.25, 0.3) is 11.5 Å². The molecule has 1 fully saturated rings. The van der Waals surface area contributed by atoms with Gasteiger partial charge in [0.2, 0.25) is 5.89 Å². The molecule has 0 saturated heterocycles. The van der Waals surface area contributed by atoms with Gasteiger partial charge in [0.25, 0.3) is 0 Å². The number of carbonyl (C=O) groups excluding carboxylic acids is 1. The molecule has 0 amide bonds. The van der Waals surface area contributed by atoms with E-state index in [1.54, 1.807) is 11.8 Å². The fraction of sp³-hybridized carbons (Fsp3) is 0.545. The molecule has 4 heteroatoms. The summed E-state index contributed by atoms with van der Waals surface area (Å²) in [5, 5.41) is 0. The molecule has 0 N–H and O–H groups in total. The Labute approximate surface area is 161 Å². The average Bonchev–Trinajstić information content (AvgIpc) is 2.98. The lowest BCUT2D eigenvalue weighted by molar-refractivity contribution is -0.117. The third-order valence-corrected chi connectivity index (χ3v) is 6.35. The monoisotopic (exact) mass is 371 g/mol. The van der Waals surface area contributed by atoms with Crippen LogP contribution >= 0.6 is 11.8 Å².